The second-order valence-corrected chi connectivity index (χ2v) is 4.06. The van der Waals surface area contributed by atoms with Gasteiger partial charge in [0.1, 0.15) is 0 Å². The molecule has 0 atom stereocenters. The van der Waals surface area contributed by atoms with E-state index in [-0.39, 0.29) is 5.41 Å². The van der Waals surface area contributed by atoms with E-state index in [4.69, 9.17) is 0 Å². The van der Waals surface area contributed by atoms with E-state index in [9.17, 15) is 0 Å². The topological polar surface area (TPSA) is 0 Å². The fourth-order valence-corrected chi connectivity index (χ4v) is 2.39. The summed E-state index contributed by atoms with van der Waals surface area (Å²) in [4.78, 5) is 0. The summed E-state index contributed by atoms with van der Waals surface area (Å²) in [5.74, 6) is 0. The molecule has 0 aromatic heterocycles. The first kappa shape index (κ1) is 9.97. The van der Waals surface area contributed by atoms with E-state index in [1.165, 1.54) is 11.1 Å². The van der Waals surface area contributed by atoms with Crippen molar-refractivity contribution in [3.8, 4) is 0 Å². The first-order chi connectivity index (χ1) is 7.32. The van der Waals surface area contributed by atoms with Crippen LogP contribution in [0.4, 0.5) is 0 Å². The van der Waals surface area contributed by atoms with Crippen LogP contribution >= 0.6 is 0 Å². The SMILES string of the molecule is C=CCC1(CC=C)C=Cc2ccccc21. The van der Waals surface area contributed by atoms with Crippen LogP contribution in [0.1, 0.15) is 24.0 Å². The van der Waals surface area contributed by atoms with Crippen LogP contribution in [0.25, 0.3) is 6.08 Å². The summed E-state index contributed by atoms with van der Waals surface area (Å²) in [7, 11) is 0. The summed E-state index contributed by atoms with van der Waals surface area (Å²) in [6.07, 6.45) is 10.5. The van der Waals surface area contributed by atoms with E-state index in [0.29, 0.717) is 0 Å². The van der Waals surface area contributed by atoms with Gasteiger partial charge in [0.2, 0.25) is 0 Å². The molecule has 2 rings (SSSR count). The first-order valence-corrected chi connectivity index (χ1v) is 5.33. The molecule has 0 amide bonds. The number of benzene rings is 1. The Bertz CT molecular complexity index is 400. The molecule has 0 saturated heterocycles. The molecule has 0 nitrogen and oxygen atoms in total. The van der Waals surface area contributed by atoms with Gasteiger partial charge in [0, 0.05) is 5.41 Å². The van der Waals surface area contributed by atoms with Crippen molar-refractivity contribution in [2.24, 2.45) is 0 Å². The second kappa shape index (κ2) is 3.90. The minimum Gasteiger partial charge on any atom is -0.103 e. The number of hydrogen-bond donors (Lipinski definition) is 0. The molecule has 0 heteroatoms. The molecule has 15 heavy (non-hydrogen) atoms. The van der Waals surface area contributed by atoms with Crippen LogP contribution in [0.15, 0.2) is 55.7 Å². The highest BCUT2D eigenvalue weighted by atomic mass is 14.3. The molecule has 0 bridgehead atoms. The van der Waals surface area contributed by atoms with Crippen LogP contribution in [-0.4, -0.2) is 0 Å². The van der Waals surface area contributed by atoms with Crippen molar-refractivity contribution in [3.05, 3.63) is 66.8 Å². The predicted octanol–water partition coefficient (Wildman–Crippen LogP) is 4.10. The number of hydrogen-bond acceptors (Lipinski definition) is 0. The Morgan fingerprint density at radius 1 is 1.07 bits per heavy atom. The van der Waals surface area contributed by atoms with Gasteiger partial charge in [-0.25, -0.2) is 0 Å². The second-order valence-electron chi connectivity index (χ2n) is 4.06. The van der Waals surface area contributed by atoms with Crippen LogP contribution in [0.5, 0.6) is 0 Å². The highest BCUT2D eigenvalue weighted by molar-refractivity contribution is 5.65. The molecular formula is C15H16. The van der Waals surface area contributed by atoms with Gasteiger partial charge in [0.15, 0.2) is 0 Å². The van der Waals surface area contributed by atoms with E-state index in [2.05, 4.69) is 49.6 Å². The standard InChI is InChI=1S/C15H16/c1-3-10-15(11-4-2)12-9-13-7-5-6-8-14(13)15/h3-9,12H,1-2,10-11H2. The maximum atomic E-state index is 3.86. The maximum absolute atomic E-state index is 3.86. The van der Waals surface area contributed by atoms with Gasteiger partial charge in [-0.15, -0.1) is 13.2 Å². The Kier molecular flexibility index (Phi) is 2.59. The van der Waals surface area contributed by atoms with Crippen LogP contribution in [0.2, 0.25) is 0 Å². The van der Waals surface area contributed by atoms with Crippen LogP contribution in [-0.2, 0) is 5.41 Å². The Morgan fingerprint density at radius 3 is 2.40 bits per heavy atom. The molecule has 0 spiro atoms. The lowest BCUT2D eigenvalue weighted by Crippen LogP contribution is -2.19. The number of rotatable bonds is 4. The molecule has 0 aliphatic heterocycles. The molecule has 0 heterocycles. The van der Waals surface area contributed by atoms with Crippen LogP contribution in [0.3, 0.4) is 0 Å². The van der Waals surface area contributed by atoms with Crippen molar-refractivity contribution in [3.63, 3.8) is 0 Å². The van der Waals surface area contributed by atoms with Gasteiger partial charge < -0.3 is 0 Å². The number of allylic oxidation sites excluding steroid dienone is 3. The fourth-order valence-electron chi connectivity index (χ4n) is 2.39. The van der Waals surface area contributed by atoms with Gasteiger partial charge >= 0.3 is 0 Å². The molecule has 1 aliphatic rings. The van der Waals surface area contributed by atoms with Crippen molar-refractivity contribution in [1.82, 2.24) is 0 Å². The molecule has 0 unspecified atom stereocenters. The Labute approximate surface area is 91.6 Å². The first-order valence-electron chi connectivity index (χ1n) is 5.33. The van der Waals surface area contributed by atoms with Gasteiger partial charge in [-0.2, -0.15) is 0 Å². The molecule has 76 valence electrons. The lowest BCUT2D eigenvalue weighted by atomic mass is 9.77. The van der Waals surface area contributed by atoms with Crippen molar-refractivity contribution in [2.75, 3.05) is 0 Å². The zero-order valence-electron chi connectivity index (χ0n) is 8.95. The van der Waals surface area contributed by atoms with Gasteiger partial charge in [0.25, 0.3) is 0 Å². The maximum Gasteiger partial charge on any atom is 0.0210 e. The number of fused-ring (bicyclic) bond motifs is 1. The summed E-state index contributed by atoms with van der Waals surface area (Å²) in [5.41, 5.74) is 2.85. The smallest absolute Gasteiger partial charge is 0.0210 e. The summed E-state index contributed by atoms with van der Waals surface area (Å²) in [6.45, 7) is 7.71. The zero-order valence-corrected chi connectivity index (χ0v) is 8.95. The molecule has 1 aliphatic carbocycles. The van der Waals surface area contributed by atoms with Crippen LogP contribution in [0, 0.1) is 0 Å². The fraction of sp³-hybridized carbons (Fsp3) is 0.200. The highest BCUT2D eigenvalue weighted by Crippen LogP contribution is 2.41. The minimum absolute atomic E-state index is 0.111. The third kappa shape index (κ3) is 1.56. The van der Waals surface area contributed by atoms with E-state index in [1.807, 2.05) is 12.2 Å². The molecule has 0 N–H and O–H groups in total. The Hall–Kier alpha value is -1.56. The van der Waals surface area contributed by atoms with E-state index in [1.54, 1.807) is 0 Å². The van der Waals surface area contributed by atoms with Crippen LogP contribution < -0.4 is 0 Å². The van der Waals surface area contributed by atoms with Gasteiger partial charge in [-0.05, 0) is 24.0 Å². The largest absolute Gasteiger partial charge is 0.103 e. The Morgan fingerprint density at radius 2 is 1.73 bits per heavy atom. The van der Waals surface area contributed by atoms with Crippen molar-refractivity contribution in [1.29, 1.82) is 0 Å². The zero-order chi connectivity index (χ0) is 10.7. The van der Waals surface area contributed by atoms with E-state index in [0.717, 1.165) is 12.8 Å². The van der Waals surface area contributed by atoms with Crippen molar-refractivity contribution < 1.29 is 0 Å². The third-order valence-electron chi connectivity index (χ3n) is 3.10. The lowest BCUT2D eigenvalue weighted by molar-refractivity contribution is 0.561. The third-order valence-corrected chi connectivity index (χ3v) is 3.10. The van der Waals surface area contributed by atoms with Gasteiger partial charge in [-0.3, -0.25) is 0 Å². The predicted molar refractivity (Wildman–Crippen MR) is 66.8 cm³/mol. The summed E-state index contributed by atoms with van der Waals surface area (Å²) in [6, 6.07) is 8.57. The molecule has 1 aromatic carbocycles. The van der Waals surface area contributed by atoms with E-state index < -0.39 is 0 Å². The highest BCUT2D eigenvalue weighted by Gasteiger charge is 2.31. The van der Waals surface area contributed by atoms with Crippen molar-refractivity contribution in [2.45, 2.75) is 18.3 Å². The quantitative estimate of drug-likeness (QED) is 0.636. The average Bonchev–Trinajstić information content (AvgIpc) is 2.60. The van der Waals surface area contributed by atoms with Crippen molar-refractivity contribution >= 4 is 6.08 Å². The monoisotopic (exact) mass is 196 g/mol. The molecule has 1 aromatic rings. The normalized spacial score (nSPS) is 16.0. The minimum atomic E-state index is 0.111. The van der Waals surface area contributed by atoms with Gasteiger partial charge in [0.05, 0.1) is 0 Å². The van der Waals surface area contributed by atoms with Gasteiger partial charge in [-0.1, -0.05) is 48.6 Å². The average molecular weight is 196 g/mol. The lowest BCUT2D eigenvalue weighted by Gasteiger charge is -2.26. The summed E-state index contributed by atoms with van der Waals surface area (Å²) in [5, 5.41) is 0. The molecular weight excluding hydrogens is 180 g/mol. The molecule has 0 fully saturated rings. The summed E-state index contributed by atoms with van der Waals surface area (Å²) >= 11 is 0. The molecule has 0 radical (unpaired) electrons. The van der Waals surface area contributed by atoms with E-state index >= 15 is 0 Å². The summed E-state index contributed by atoms with van der Waals surface area (Å²) < 4.78 is 0. The Balaban J connectivity index is 2.48. The molecule has 0 saturated carbocycles.